The van der Waals surface area contributed by atoms with Gasteiger partial charge in [-0.2, -0.15) is 0 Å². The van der Waals surface area contributed by atoms with Crippen LogP contribution in [0.4, 0.5) is 10.1 Å². The summed E-state index contributed by atoms with van der Waals surface area (Å²) in [5.74, 6) is -0.321. The van der Waals surface area contributed by atoms with Crippen molar-refractivity contribution >= 4 is 40.5 Å². The number of halogens is 4. The third-order valence-corrected chi connectivity index (χ3v) is 3.32. The molecule has 2 aromatic rings. The van der Waals surface area contributed by atoms with E-state index in [1.54, 1.807) is 18.2 Å². The first-order valence-electron chi connectivity index (χ1n) is 5.19. The van der Waals surface area contributed by atoms with Gasteiger partial charge >= 0.3 is 0 Å². The molecule has 18 heavy (non-hydrogen) atoms. The summed E-state index contributed by atoms with van der Waals surface area (Å²) in [6.45, 7) is 0.387. The van der Waals surface area contributed by atoms with E-state index in [0.717, 1.165) is 5.69 Å². The molecule has 94 valence electrons. The topological polar surface area (TPSA) is 12.0 Å². The van der Waals surface area contributed by atoms with Gasteiger partial charge in [-0.25, -0.2) is 4.39 Å². The average molecular weight is 305 g/mol. The average Bonchev–Trinajstić information content (AvgIpc) is 2.32. The summed E-state index contributed by atoms with van der Waals surface area (Å²) in [5, 5.41) is 4.66. The maximum atomic E-state index is 13.1. The van der Waals surface area contributed by atoms with Gasteiger partial charge in [0.05, 0.1) is 10.7 Å². The smallest absolute Gasteiger partial charge is 0.123 e. The van der Waals surface area contributed by atoms with E-state index in [4.69, 9.17) is 34.8 Å². The molecule has 2 aromatic carbocycles. The van der Waals surface area contributed by atoms with Crippen LogP contribution in [0.5, 0.6) is 0 Å². The highest BCUT2D eigenvalue weighted by atomic mass is 35.5. The van der Waals surface area contributed by atoms with Crippen molar-refractivity contribution in [2.75, 3.05) is 5.32 Å². The van der Waals surface area contributed by atoms with Crippen LogP contribution in [0.25, 0.3) is 0 Å². The molecule has 0 saturated carbocycles. The highest BCUT2D eigenvalue weighted by Gasteiger charge is 2.04. The summed E-state index contributed by atoms with van der Waals surface area (Å²) in [6, 6.07) is 9.36. The van der Waals surface area contributed by atoms with Gasteiger partial charge in [0.15, 0.2) is 0 Å². The molecule has 5 heteroatoms. The summed E-state index contributed by atoms with van der Waals surface area (Å²) >= 11 is 17.8. The molecule has 0 bridgehead atoms. The third-order valence-electron chi connectivity index (χ3n) is 2.41. The predicted molar refractivity (Wildman–Crippen MR) is 75.2 cm³/mol. The largest absolute Gasteiger partial charge is 0.380 e. The number of benzene rings is 2. The van der Waals surface area contributed by atoms with Crippen LogP contribution in [0.3, 0.4) is 0 Å². The van der Waals surface area contributed by atoms with Gasteiger partial charge in [-0.3, -0.25) is 0 Å². The van der Waals surface area contributed by atoms with Crippen LogP contribution in [0.1, 0.15) is 5.56 Å². The molecule has 0 unspecified atom stereocenters. The van der Waals surface area contributed by atoms with E-state index in [1.165, 1.54) is 18.2 Å². The molecule has 0 aliphatic carbocycles. The molecule has 0 radical (unpaired) electrons. The normalized spacial score (nSPS) is 10.4. The lowest BCUT2D eigenvalue weighted by Crippen LogP contribution is -2.01. The first kappa shape index (κ1) is 13.5. The second-order valence-electron chi connectivity index (χ2n) is 3.71. The molecule has 0 heterocycles. The quantitative estimate of drug-likeness (QED) is 0.800. The van der Waals surface area contributed by atoms with Gasteiger partial charge in [0, 0.05) is 16.6 Å². The maximum Gasteiger partial charge on any atom is 0.123 e. The first-order valence-corrected chi connectivity index (χ1v) is 6.32. The minimum Gasteiger partial charge on any atom is -0.380 e. The number of hydrogen-bond donors (Lipinski definition) is 1. The van der Waals surface area contributed by atoms with E-state index in [2.05, 4.69) is 5.32 Å². The summed E-state index contributed by atoms with van der Waals surface area (Å²) in [7, 11) is 0. The van der Waals surface area contributed by atoms with E-state index in [0.29, 0.717) is 27.2 Å². The van der Waals surface area contributed by atoms with Crippen LogP contribution in [-0.2, 0) is 6.54 Å². The zero-order valence-corrected chi connectivity index (χ0v) is 11.5. The van der Waals surface area contributed by atoms with Gasteiger partial charge in [-0.1, -0.05) is 34.8 Å². The van der Waals surface area contributed by atoms with E-state index in [1.807, 2.05) is 0 Å². The summed E-state index contributed by atoms with van der Waals surface area (Å²) in [4.78, 5) is 0. The summed E-state index contributed by atoms with van der Waals surface area (Å²) < 4.78 is 13.1. The highest BCUT2D eigenvalue weighted by Crippen LogP contribution is 2.26. The molecule has 0 aromatic heterocycles. The Kier molecular flexibility index (Phi) is 4.33. The Morgan fingerprint density at radius 3 is 2.44 bits per heavy atom. The van der Waals surface area contributed by atoms with Crippen LogP contribution < -0.4 is 5.32 Å². The van der Waals surface area contributed by atoms with E-state index < -0.39 is 0 Å². The second-order valence-corrected chi connectivity index (χ2v) is 4.96. The fourth-order valence-corrected chi connectivity index (χ4v) is 2.16. The molecule has 0 aliphatic heterocycles. The highest BCUT2D eigenvalue weighted by molar-refractivity contribution is 6.36. The van der Waals surface area contributed by atoms with Crippen molar-refractivity contribution in [2.24, 2.45) is 0 Å². The van der Waals surface area contributed by atoms with Crippen LogP contribution in [0.2, 0.25) is 15.1 Å². The van der Waals surface area contributed by atoms with Crippen LogP contribution in [-0.4, -0.2) is 0 Å². The molecule has 1 nitrogen and oxygen atoms in total. The zero-order chi connectivity index (χ0) is 13.1. The van der Waals surface area contributed by atoms with Crippen molar-refractivity contribution in [1.82, 2.24) is 0 Å². The Bertz CT molecular complexity index is 572. The molecular formula is C13H9Cl3FN. The Balaban J connectivity index is 2.13. The van der Waals surface area contributed by atoms with E-state index >= 15 is 0 Å². The SMILES string of the molecule is Fc1ccc(Cl)c(CNc2ccc(Cl)cc2Cl)c1. The fraction of sp³-hybridized carbons (Fsp3) is 0.0769. The van der Waals surface area contributed by atoms with Crippen molar-refractivity contribution < 1.29 is 4.39 Å². The van der Waals surface area contributed by atoms with Gasteiger partial charge in [-0.15, -0.1) is 0 Å². The zero-order valence-electron chi connectivity index (χ0n) is 9.18. The van der Waals surface area contributed by atoms with Crippen molar-refractivity contribution in [2.45, 2.75) is 6.54 Å². The lowest BCUT2D eigenvalue weighted by atomic mass is 10.2. The molecular weight excluding hydrogens is 296 g/mol. The Labute approximate surface area is 119 Å². The van der Waals surface area contributed by atoms with Gasteiger partial charge in [-0.05, 0) is 42.0 Å². The van der Waals surface area contributed by atoms with Crippen molar-refractivity contribution in [3.05, 3.63) is 62.8 Å². The monoisotopic (exact) mass is 303 g/mol. The van der Waals surface area contributed by atoms with Crippen molar-refractivity contribution in [3.8, 4) is 0 Å². The third kappa shape index (κ3) is 3.29. The number of nitrogens with one attached hydrogen (secondary N) is 1. The minimum atomic E-state index is -0.321. The van der Waals surface area contributed by atoms with E-state index in [9.17, 15) is 4.39 Å². The minimum absolute atomic E-state index is 0.321. The van der Waals surface area contributed by atoms with Gasteiger partial charge in [0.1, 0.15) is 5.82 Å². The standard InChI is InChI=1S/C13H9Cl3FN/c14-9-1-4-13(12(16)6-9)18-7-8-5-10(17)2-3-11(8)15/h1-6,18H,7H2. The number of anilines is 1. The molecule has 2 rings (SSSR count). The Hall–Kier alpha value is -0.960. The molecule has 0 amide bonds. The van der Waals surface area contributed by atoms with Crippen LogP contribution in [0.15, 0.2) is 36.4 Å². The maximum absolute atomic E-state index is 13.1. The second kappa shape index (κ2) is 5.79. The Morgan fingerprint density at radius 2 is 1.72 bits per heavy atom. The number of hydrogen-bond acceptors (Lipinski definition) is 1. The molecule has 1 N–H and O–H groups in total. The van der Waals surface area contributed by atoms with Gasteiger partial charge in [0.2, 0.25) is 0 Å². The van der Waals surface area contributed by atoms with E-state index in [-0.39, 0.29) is 5.82 Å². The fourth-order valence-electron chi connectivity index (χ4n) is 1.50. The predicted octanol–water partition coefficient (Wildman–Crippen LogP) is 5.40. The first-order chi connectivity index (χ1) is 8.56. The molecule has 0 atom stereocenters. The molecule has 0 fully saturated rings. The lowest BCUT2D eigenvalue weighted by Gasteiger charge is -2.10. The lowest BCUT2D eigenvalue weighted by molar-refractivity contribution is 0.626. The van der Waals surface area contributed by atoms with Crippen LogP contribution in [0, 0.1) is 5.82 Å². The van der Waals surface area contributed by atoms with Crippen LogP contribution >= 0.6 is 34.8 Å². The summed E-state index contributed by atoms with van der Waals surface area (Å²) in [6.07, 6.45) is 0. The molecule has 0 aliphatic rings. The van der Waals surface area contributed by atoms with Gasteiger partial charge in [0.25, 0.3) is 0 Å². The Morgan fingerprint density at radius 1 is 0.944 bits per heavy atom. The summed E-state index contributed by atoms with van der Waals surface area (Å²) in [5.41, 5.74) is 1.39. The van der Waals surface area contributed by atoms with Gasteiger partial charge < -0.3 is 5.32 Å². The molecule has 0 spiro atoms. The molecule has 0 saturated heterocycles. The van der Waals surface area contributed by atoms with Crippen molar-refractivity contribution in [1.29, 1.82) is 0 Å². The number of rotatable bonds is 3. The van der Waals surface area contributed by atoms with Crippen molar-refractivity contribution in [3.63, 3.8) is 0 Å².